The Morgan fingerprint density at radius 1 is 1.40 bits per heavy atom. The molecule has 10 heavy (non-hydrogen) atoms. The van der Waals surface area contributed by atoms with Gasteiger partial charge in [0, 0.05) is 6.54 Å². The highest BCUT2D eigenvalue weighted by Gasteiger charge is 2.15. The molecule has 1 rings (SSSR count). The average Bonchev–Trinajstić information content (AvgIpc) is 2.13. The number of amides is 1. The number of halogens is 1. The van der Waals surface area contributed by atoms with Crippen LogP contribution in [-0.2, 0) is 4.79 Å². The first kappa shape index (κ1) is 7.86. The smallest absolute Gasteiger partial charge is 0.210 e. The Kier molecular flexibility index (Phi) is 3.00. The molecule has 1 saturated heterocycles. The van der Waals surface area contributed by atoms with Crippen molar-refractivity contribution in [2.24, 2.45) is 0 Å². The number of carbonyl (C=O) groups excluding carboxylic acids is 1. The molecule has 0 aromatic rings. The van der Waals surface area contributed by atoms with Crippen LogP contribution in [0.2, 0.25) is 0 Å². The van der Waals surface area contributed by atoms with Crippen LogP contribution < -0.4 is 0 Å². The summed E-state index contributed by atoms with van der Waals surface area (Å²) in [5.41, 5.74) is -0.0556. The number of alkyl halides is 1. The van der Waals surface area contributed by atoms with Crippen LogP contribution in [0.15, 0.2) is 0 Å². The number of nitrogens with zero attached hydrogens (tertiary/aromatic N) is 1. The first-order chi connectivity index (χ1) is 4.84. The molecule has 1 aliphatic rings. The lowest BCUT2D eigenvalue weighted by atomic mass is 10.2. The van der Waals surface area contributed by atoms with Crippen molar-refractivity contribution >= 4 is 18.0 Å². The minimum atomic E-state index is -0.0556. The Balaban J connectivity index is 2.43. The highest BCUT2D eigenvalue weighted by Crippen LogP contribution is 2.17. The van der Waals surface area contributed by atoms with E-state index in [0.717, 1.165) is 32.2 Å². The van der Waals surface area contributed by atoms with Gasteiger partial charge >= 0.3 is 0 Å². The van der Waals surface area contributed by atoms with Crippen molar-refractivity contribution in [2.45, 2.75) is 31.2 Å². The van der Waals surface area contributed by atoms with Gasteiger partial charge in [-0.15, -0.1) is 0 Å². The Hall–Kier alpha value is -0.240. The van der Waals surface area contributed by atoms with Crippen molar-refractivity contribution in [1.29, 1.82) is 0 Å². The molecule has 0 radical (unpaired) electrons. The zero-order valence-corrected chi connectivity index (χ0v) is 6.68. The fourth-order valence-electron chi connectivity index (χ4n) is 1.21. The van der Waals surface area contributed by atoms with Crippen LogP contribution in [0, 0.1) is 0 Å². The van der Waals surface area contributed by atoms with Gasteiger partial charge in [0.2, 0.25) is 6.41 Å². The molecule has 2 nitrogen and oxygen atoms in total. The number of rotatable bonds is 1. The largest absolute Gasteiger partial charge is 0.329 e. The van der Waals surface area contributed by atoms with Crippen LogP contribution in [0.25, 0.3) is 0 Å². The molecular weight excluding hydrogens is 150 g/mol. The second-order valence-corrected chi connectivity index (χ2v) is 3.13. The third-order valence-electron chi connectivity index (χ3n) is 1.85. The summed E-state index contributed by atoms with van der Waals surface area (Å²) in [7, 11) is 0. The summed E-state index contributed by atoms with van der Waals surface area (Å²) in [6.45, 7) is 0.831. The highest BCUT2D eigenvalue weighted by atomic mass is 35.5. The molecule has 1 aliphatic heterocycles. The standard InChI is InChI=1S/C7H12ClNO/c8-7-4-2-1-3-5-9(7)6-10/h6-7H,1-5H2. The summed E-state index contributed by atoms with van der Waals surface area (Å²) in [4.78, 5) is 12.0. The lowest BCUT2D eigenvalue weighted by Crippen LogP contribution is -2.29. The van der Waals surface area contributed by atoms with Crippen LogP contribution in [0.4, 0.5) is 0 Å². The van der Waals surface area contributed by atoms with Gasteiger partial charge in [0.05, 0.1) is 0 Å². The van der Waals surface area contributed by atoms with Crippen LogP contribution in [0.1, 0.15) is 25.7 Å². The van der Waals surface area contributed by atoms with Gasteiger partial charge in [-0.3, -0.25) is 4.79 Å². The lowest BCUT2D eigenvalue weighted by molar-refractivity contribution is -0.118. The molecule has 1 heterocycles. The Bertz CT molecular complexity index is 118. The van der Waals surface area contributed by atoms with E-state index in [9.17, 15) is 4.79 Å². The number of hydrogen-bond donors (Lipinski definition) is 0. The predicted octanol–water partition coefficient (Wildman–Crippen LogP) is 1.58. The van der Waals surface area contributed by atoms with Gasteiger partial charge in [0.1, 0.15) is 5.50 Å². The van der Waals surface area contributed by atoms with E-state index in [1.54, 1.807) is 4.90 Å². The summed E-state index contributed by atoms with van der Waals surface area (Å²) in [5, 5.41) is 0. The Labute approximate surface area is 66.1 Å². The SMILES string of the molecule is O=CN1CCCCCC1Cl. The van der Waals surface area contributed by atoms with Crippen molar-refractivity contribution in [3.05, 3.63) is 0 Å². The molecule has 0 aromatic heterocycles. The molecule has 3 heteroatoms. The Morgan fingerprint density at radius 3 is 2.90 bits per heavy atom. The van der Waals surface area contributed by atoms with Crippen LogP contribution in [0.5, 0.6) is 0 Å². The molecule has 0 N–H and O–H groups in total. The van der Waals surface area contributed by atoms with E-state index in [4.69, 9.17) is 11.6 Å². The summed E-state index contributed by atoms with van der Waals surface area (Å²) in [5.74, 6) is 0. The quantitative estimate of drug-likeness (QED) is 0.325. The Morgan fingerprint density at radius 2 is 2.20 bits per heavy atom. The number of hydrogen-bond acceptors (Lipinski definition) is 1. The first-order valence-corrected chi connectivity index (χ1v) is 4.13. The van der Waals surface area contributed by atoms with Gasteiger partial charge < -0.3 is 4.90 Å². The van der Waals surface area contributed by atoms with E-state index < -0.39 is 0 Å². The predicted molar refractivity (Wildman–Crippen MR) is 40.9 cm³/mol. The van der Waals surface area contributed by atoms with Crippen LogP contribution in [-0.4, -0.2) is 23.4 Å². The molecule has 0 aromatic carbocycles. The van der Waals surface area contributed by atoms with Gasteiger partial charge in [-0.05, 0) is 12.8 Å². The van der Waals surface area contributed by atoms with Gasteiger partial charge in [-0.25, -0.2) is 0 Å². The molecule has 1 fully saturated rings. The highest BCUT2D eigenvalue weighted by molar-refractivity contribution is 6.20. The minimum Gasteiger partial charge on any atom is -0.329 e. The normalized spacial score (nSPS) is 27.7. The monoisotopic (exact) mass is 161 g/mol. The first-order valence-electron chi connectivity index (χ1n) is 3.69. The summed E-state index contributed by atoms with van der Waals surface area (Å²) < 4.78 is 0. The minimum absolute atomic E-state index is 0.0556. The van der Waals surface area contributed by atoms with Gasteiger partial charge in [0.15, 0.2) is 0 Å². The summed E-state index contributed by atoms with van der Waals surface area (Å²) in [6, 6.07) is 0. The van der Waals surface area contributed by atoms with E-state index in [2.05, 4.69) is 0 Å². The van der Waals surface area contributed by atoms with E-state index >= 15 is 0 Å². The van der Waals surface area contributed by atoms with E-state index in [0.29, 0.717) is 0 Å². The second kappa shape index (κ2) is 3.81. The zero-order chi connectivity index (χ0) is 7.40. The second-order valence-electron chi connectivity index (χ2n) is 2.63. The lowest BCUT2D eigenvalue weighted by Gasteiger charge is -2.19. The third kappa shape index (κ3) is 1.87. The van der Waals surface area contributed by atoms with E-state index in [1.165, 1.54) is 6.42 Å². The van der Waals surface area contributed by atoms with Crippen LogP contribution in [0.3, 0.4) is 0 Å². The topological polar surface area (TPSA) is 20.3 Å². The molecule has 1 unspecified atom stereocenters. The van der Waals surface area contributed by atoms with Crippen molar-refractivity contribution < 1.29 is 4.79 Å². The molecular formula is C7H12ClNO. The zero-order valence-electron chi connectivity index (χ0n) is 5.92. The van der Waals surface area contributed by atoms with Gasteiger partial charge in [0.25, 0.3) is 0 Å². The van der Waals surface area contributed by atoms with Crippen molar-refractivity contribution in [3.63, 3.8) is 0 Å². The van der Waals surface area contributed by atoms with Gasteiger partial charge in [-0.2, -0.15) is 0 Å². The maximum absolute atomic E-state index is 10.4. The molecule has 0 saturated carbocycles. The summed E-state index contributed by atoms with van der Waals surface area (Å²) in [6.07, 6.45) is 5.25. The summed E-state index contributed by atoms with van der Waals surface area (Å²) >= 11 is 5.88. The maximum Gasteiger partial charge on any atom is 0.210 e. The molecule has 1 amide bonds. The van der Waals surface area contributed by atoms with Crippen LogP contribution >= 0.6 is 11.6 Å². The molecule has 0 spiro atoms. The van der Waals surface area contributed by atoms with E-state index in [1.807, 2.05) is 0 Å². The van der Waals surface area contributed by atoms with Crippen molar-refractivity contribution in [2.75, 3.05) is 6.54 Å². The fraction of sp³-hybridized carbons (Fsp3) is 0.857. The van der Waals surface area contributed by atoms with Gasteiger partial charge in [-0.1, -0.05) is 24.4 Å². The molecule has 0 aliphatic carbocycles. The third-order valence-corrected chi connectivity index (χ3v) is 2.32. The number of likely N-dealkylation sites (tertiary alicyclic amines) is 1. The average molecular weight is 162 g/mol. The van der Waals surface area contributed by atoms with Crippen molar-refractivity contribution in [1.82, 2.24) is 4.90 Å². The molecule has 58 valence electrons. The number of carbonyl (C=O) groups is 1. The molecule has 1 atom stereocenters. The fourth-order valence-corrected chi connectivity index (χ4v) is 1.51. The maximum atomic E-state index is 10.4. The molecule has 0 bridgehead atoms. The van der Waals surface area contributed by atoms with E-state index in [-0.39, 0.29) is 5.50 Å². The van der Waals surface area contributed by atoms with Crippen molar-refractivity contribution in [3.8, 4) is 0 Å².